The maximum atomic E-state index is 12.3. The number of halogens is 3. The van der Waals surface area contributed by atoms with Crippen LogP contribution in [0, 0.1) is 13.8 Å². The fourth-order valence-corrected chi connectivity index (χ4v) is 1.89. The number of aryl methyl sites for hydroxylation is 2. The van der Waals surface area contributed by atoms with Gasteiger partial charge in [0.1, 0.15) is 6.04 Å². The van der Waals surface area contributed by atoms with Gasteiger partial charge in [0.05, 0.1) is 10.6 Å². The predicted octanol–water partition coefficient (Wildman–Crippen LogP) is 2.80. The molecule has 1 atom stereocenters. The van der Waals surface area contributed by atoms with Crippen LogP contribution in [0.5, 0.6) is 0 Å². The minimum atomic E-state index is -2.83. The van der Waals surface area contributed by atoms with Crippen LogP contribution in [0.4, 0.5) is 8.78 Å². The highest BCUT2D eigenvalue weighted by Gasteiger charge is 2.25. The Bertz CT molecular complexity index is 535. The lowest BCUT2D eigenvalue weighted by molar-refractivity contribution is -0.140. The van der Waals surface area contributed by atoms with Crippen molar-refractivity contribution in [2.24, 2.45) is 0 Å². The van der Waals surface area contributed by atoms with Crippen molar-refractivity contribution in [1.82, 2.24) is 5.32 Å². The number of amides is 1. The van der Waals surface area contributed by atoms with Crippen molar-refractivity contribution >= 4 is 23.5 Å². The first-order chi connectivity index (χ1) is 9.22. The van der Waals surface area contributed by atoms with Crippen LogP contribution in [0.1, 0.15) is 27.9 Å². The van der Waals surface area contributed by atoms with Crippen molar-refractivity contribution in [2.75, 3.05) is 0 Å². The number of carbonyl (C=O) groups excluding carboxylic acids is 1. The van der Waals surface area contributed by atoms with E-state index < -0.39 is 30.8 Å². The average Bonchev–Trinajstić information content (AvgIpc) is 2.32. The molecule has 1 aromatic rings. The van der Waals surface area contributed by atoms with Gasteiger partial charge in [-0.2, -0.15) is 0 Å². The molecule has 7 heteroatoms. The molecule has 0 radical (unpaired) electrons. The standard InChI is InChI=1S/C13H14ClF2NO3/c1-6-3-8(9(14)4-7(6)2)12(18)17-10(13(19)20)5-11(15)16/h3-4,10-11H,5H2,1-2H3,(H,17,18)(H,19,20). The highest BCUT2D eigenvalue weighted by atomic mass is 35.5. The molecule has 1 rings (SSSR count). The van der Waals surface area contributed by atoms with Crippen LogP contribution in [0.15, 0.2) is 12.1 Å². The summed E-state index contributed by atoms with van der Waals surface area (Å²) in [6.07, 6.45) is -3.78. The molecule has 1 aromatic carbocycles. The number of aliphatic carboxylic acids is 1. The molecule has 1 amide bonds. The van der Waals surface area contributed by atoms with Gasteiger partial charge in [0.25, 0.3) is 5.91 Å². The van der Waals surface area contributed by atoms with Crippen molar-refractivity contribution in [2.45, 2.75) is 32.7 Å². The maximum absolute atomic E-state index is 12.3. The first-order valence-corrected chi connectivity index (χ1v) is 6.18. The molecule has 0 heterocycles. The van der Waals surface area contributed by atoms with E-state index in [1.165, 1.54) is 6.07 Å². The Morgan fingerprint density at radius 2 is 1.85 bits per heavy atom. The Morgan fingerprint density at radius 3 is 2.35 bits per heavy atom. The monoisotopic (exact) mass is 305 g/mol. The molecule has 0 aliphatic carbocycles. The molecule has 2 N–H and O–H groups in total. The molecule has 0 fully saturated rings. The molecular weight excluding hydrogens is 292 g/mol. The van der Waals surface area contributed by atoms with E-state index >= 15 is 0 Å². The minimum Gasteiger partial charge on any atom is -0.480 e. The lowest BCUT2D eigenvalue weighted by Gasteiger charge is -2.15. The van der Waals surface area contributed by atoms with Gasteiger partial charge in [-0.1, -0.05) is 11.6 Å². The summed E-state index contributed by atoms with van der Waals surface area (Å²) in [6.45, 7) is 3.57. The van der Waals surface area contributed by atoms with Gasteiger partial charge in [-0.05, 0) is 37.1 Å². The molecule has 0 spiro atoms. The highest BCUT2D eigenvalue weighted by Crippen LogP contribution is 2.21. The van der Waals surface area contributed by atoms with Crippen LogP contribution in [-0.4, -0.2) is 29.5 Å². The summed E-state index contributed by atoms with van der Waals surface area (Å²) in [7, 11) is 0. The zero-order chi connectivity index (χ0) is 15.4. The second-order valence-electron chi connectivity index (χ2n) is 4.41. The van der Waals surface area contributed by atoms with Crippen LogP contribution in [0.2, 0.25) is 5.02 Å². The molecule has 110 valence electrons. The molecule has 1 unspecified atom stereocenters. The van der Waals surface area contributed by atoms with Crippen molar-refractivity contribution < 1.29 is 23.5 Å². The summed E-state index contributed by atoms with van der Waals surface area (Å²) in [5.41, 5.74) is 1.73. The number of rotatable bonds is 5. The maximum Gasteiger partial charge on any atom is 0.326 e. The van der Waals surface area contributed by atoms with Gasteiger partial charge in [0.2, 0.25) is 6.43 Å². The number of alkyl halides is 2. The van der Waals surface area contributed by atoms with Crippen LogP contribution in [-0.2, 0) is 4.79 Å². The molecule has 0 saturated heterocycles. The quantitative estimate of drug-likeness (QED) is 0.879. The van der Waals surface area contributed by atoms with E-state index in [2.05, 4.69) is 0 Å². The first kappa shape index (κ1) is 16.4. The van der Waals surface area contributed by atoms with E-state index in [-0.39, 0.29) is 10.6 Å². The Morgan fingerprint density at radius 1 is 1.30 bits per heavy atom. The van der Waals surface area contributed by atoms with Crippen LogP contribution >= 0.6 is 11.6 Å². The summed E-state index contributed by atoms with van der Waals surface area (Å²) < 4.78 is 24.5. The van der Waals surface area contributed by atoms with Crippen molar-refractivity contribution in [3.05, 3.63) is 33.8 Å². The largest absolute Gasteiger partial charge is 0.480 e. The molecule has 0 aliphatic heterocycles. The number of benzene rings is 1. The molecule has 0 aliphatic rings. The highest BCUT2D eigenvalue weighted by molar-refractivity contribution is 6.34. The number of hydrogen-bond acceptors (Lipinski definition) is 2. The van der Waals surface area contributed by atoms with Gasteiger partial charge in [-0.3, -0.25) is 4.79 Å². The van der Waals surface area contributed by atoms with E-state index in [4.69, 9.17) is 16.7 Å². The molecule has 4 nitrogen and oxygen atoms in total. The lowest BCUT2D eigenvalue weighted by Crippen LogP contribution is -2.42. The smallest absolute Gasteiger partial charge is 0.326 e. The topological polar surface area (TPSA) is 66.4 Å². The van der Waals surface area contributed by atoms with Crippen molar-refractivity contribution in [3.63, 3.8) is 0 Å². The Balaban J connectivity index is 2.95. The molecule has 0 bridgehead atoms. The zero-order valence-corrected chi connectivity index (χ0v) is 11.7. The fraction of sp³-hybridized carbons (Fsp3) is 0.385. The van der Waals surface area contributed by atoms with Gasteiger partial charge < -0.3 is 10.4 Å². The second-order valence-corrected chi connectivity index (χ2v) is 4.81. The number of hydrogen-bond donors (Lipinski definition) is 2. The van der Waals surface area contributed by atoms with Gasteiger partial charge in [0, 0.05) is 6.42 Å². The Hall–Kier alpha value is -1.69. The van der Waals surface area contributed by atoms with E-state index in [0.717, 1.165) is 11.1 Å². The molecule has 20 heavy (non-hydrogen) atoms. The minimum absolute atomic E-state index is 0.0651. The van der Waals surface area contributed by atoms with Gasteiger partial charge in [-0.25, -0.2) is 13.6 Å². The molecular formula is C13H14ClF2NO3. The van der Waals surface area contributed by atoms with Gasteiger partial charge in [0.15, 0.2) is 0 Å². The molecule has 0 aromatic heterocycles. The van der Waals surface area contributed by atoms with E-state index in [0.29, 0.717) is 0 Å². The summed E-state index contributed by atoms with van der Waals surface area (Å²) in [6, 6.07) is 1.41. The third kappa shape index (κ3) is 4.16. The van der Waals surface area contributed by atoms with Gasteiger partial charge >= 0.3 is 5.97 Å². The van der Waals surface area contributed by atoms with E-state index in [9.17, 15) is 18.4 Å². The Kier molecular flexibility index (Phi) is 5.44. The summed E-state index contributed by atoms with van der Waals surface area (Å²) in [5.74, 6) is -2.30. The fourth-order valence-electron chi connectivity index (χ4n) is 1.59. The van der Waals surface area contributed by atoms with Crippen LogP contribution in [0.25, 0.3) is 0 Å². The number of carbonyl (C=O) groups is 2. The molecule has 0 saturated carbocycles. The number of carboxylic acids is 1. The SMILES string of the molecule is Cc1cc(Cl)c(C(=O)NC(CC(F)F)C(=O)O)cc1C. The lowest BCUT2D eigenvalue weighted by atomic mass is 10.1. The van der Waals surface area contributed by atoms with Crippen LogP contribution < -0.4 is 5.32 Å². The second kappa shape index (κ2) is 6.65. The number of carboxylic acid groups (broad SMARTS) is 1. The predicted molar refractivity (Wildman–Crippen MR) is 70.4 cm³/mol. The van der Waals surface area contributed by atoms with Crippen molar-refractivity contribution in [3.8, 4) is 0 Å². The summed E-state index contributed by atoms with van der Waals surface area (Å²) >= 11 is 5.91. The van der Waals surface area contributed by atoms with Gasteiger partial charge in [-0.15, -0.1) is 0 Å². The normalized spacial score (nSPS) is 12.3. The van der Waals surface area contributed by atoms with E-state index in [1.54, 1.807) is 19.9 Å². The number of nitrogens with one attached hydrogen (secondary N) is 1. The summed E-state index contributed by atoms with van der Waals surface area (Å²) in [5, 5.41) is 11.0. The first-order valence-electron chi connectivity index (χ1n) is 5.81. The van der Waals surface area contributed by atoms with Crippen LogP contribution in [0.3, 0.4) is 0 Å². The third-order valence-corrected chi connectivity index (χ3v) is 3.16. The van der Waals surface area contributed by atoms with E-state index in [1.807, 2.05) is 5.32 Å². The Labute approximate surface area is 119 Å². The van der Waals surface area contributed by atoms with Crippen molar-refractivity contribution in [1.29, 1.82) is 0 Å². The zero-order valence-electron chi connectivity index (χ0n) is 10.9. The third-order valence-electron chi connectivity index (χ3n) is 2.85. The average molecular weight is 306 g/mol. The summed E-state index contributed by atoms with van der Waals surface area (Å²) in [4.78, 5) is 22.7.